The van der Waals surface area contributed by atoms with Crippen LogP contribution in [-0.2, 0) is 5.41 Å². The summed E-state index contributed by atoms with van der Waals surface area (Å²) in [7, 11) is 0. The van der Waals surface area contributed by atoms with Gasteiger partial charge in [0, 0.05) is 5.41 Å². The number of rotatable bonds is 6. The minimum Gasteiger partial charge on any atom is -0.103 e. The van der Waals surface area contributed by atoms with Crippen molar-refractivity contribution in [1.29, 1.82) is 0 Å². The second-order valence-corrected chi connectivity index (χ2v) is 6.83. The molecule has 0 aromatic heterocycles. The summed E-state index contributed by atoms with van der Waals surface area (Å²) in [4.78, 5) is 0. The molecular formula is C23H26. The minimum absolute atomic E-state index is 0.102. The maximum atomic E-state index is 3.96. The van der Waals surface area contributed by atoms with E-state index in [0.29, 0.717) is 0 Å². The highest BCUT2D eigenvalue weighted by molar-refractivity contribution is 5.81. The van der Waals surface area contributed by atoms with Gasteiger partial charge in [-0.1, -0.05) is 59.7 Å². The number of aryl methyl sites for hydroxylation is 2. The van der Waals surface area contributed by atoms with Crippen LogP contribution < -0.4 is 0 Å². The molecule has 1 aliphatic carbocycles. The molecule has 0 fully saturated rings. The molecule has 1 aliphatic rings. The third-order valence-corrected chi connectivity index (χ3v) is 5.22. The number of hydrogen-bond acceptors (Lipinski definition) is 0. The van der Waals surface area contributed by atoms with Crippen LogP contribution in [0.15, 0.2) is 61.7 Å². The molecule has 0 radical (unpaired) electrons. The van der Waals surface area contributed by atoms with Crippen LogP contribution in [0.2, 0.25) is 0 Å². The third kappa shape index (κ3) is 2.57. The quantitative estimate of drug-likeness (QED) is 0.534. The molecular weight excluding hydrogens is 276 g/mol. The Bertz CT molecular complexity index is 683. The molecule has 0 heterocycles. The molecule has 0 N–H and O–H groups in total. The van der Waals surface area contributed by atoms with Gasteiger partial charge in [0.15, 0.2) is 0 Å². The van der Waals surface area contributed by atoms with Gasteiger partial charge in [-0.15, -0.1) is 13.2 Å². The molecule has 23 heavy (non-hydrogen) atoms. The fourth-order valence-corrected chi connectivity index (χ4v) is 4.08. The zero-order valence-electron chi connectivity index (χ0n) is 14.4. The molecule has 0 unspecified atom stereocenters. The highest BCUT2D eigenvalue weighted by Crippen LogP contribution is 2.54. The molecule has 118 valence electrons. The Morgan fingerprint density at radius 1 is 0.783 bits per heavy atom. The number of fused-ring (bicyclic) bond motifs is 3. The smallest absolute Gasteiger partial charge is 0.0221 e. The van der Waals surface area contributed by atoms with E-state index in [4.69, 9.17) is 0 Å². The predicted molar refractivity (Wildman–Crippen MR) is 101 cm³/mol. The van der Waals surface area contributed by atoms with E-state index in [0.717, 1.165) is 25.7 Å². The molecule has 0 aliphatic heterocycles. The number of benzene rings is 2. The van der Waals surface area contributed by atoms with E-state index in [9.17, 15) is 0 Å². The van der Waals surface area contributed by atoms with Crippen LogP contribution in [0.1, 0.15) is 47.9 Å². The van der Waals surface area contributed by atoms with Crippen molar-refractivity contribution in [3.63, 3.8) is 0 Å². The Labute approximate surface area is 140 Å². The molecule has 0 nitrogen and oxygen atoms in total. The molecule has 0 bridgehead atoms. The van der Waals surface area contributed by atoms with Crippen molar-refractivity contribution in [3.05, 3.63) is 84.0 Å². The van der Waals surface area contributed by atoms with Crippen molar-refractivity contribution in [2.45, 2.75) is 44.9 Å². The normalized spacial score (nSPS) is 14.2. The van der Waals surface area contributed by atoms with Crippen LogP contribution in [0.3, 0.4) is 0 Å². The summed E-state index contributed by atoms with van der Waals surface area (Å²) in [6.07, 6.45) is 8.43. The van der Waals surface area contributed by atoms with Gasteiger partial charge in [0.2, 0.25) is 0 Å². The van der Waals surface area contributed by atoms with E-state index >= 15 is 0 Å². The van der Waals surface area contributed by atoms with Gasteiger partial charge in [0.05, 0.1) is 0 Å². The lowest BCUT2D eigenvalue weighted by molar-refractivity contribution is 0.454. The number of allylic oxidation sites excluding steroid dienone is 2. The average Bonchev–Trinajstić information content (AvgIpc) is 2.80. The van der Waals surface area contributed by atoms with Gasteiger partial charge >= 0.3 is 0 Å². The monoisotopic (exact) mass is 302 g/mol. The Morgan fingerprint density at radius 3 is 1.61 bits per heavy atom. The van der Waals surface area contributed by atoms with Gasteiger partial charge in [0.25, 0.3) is 0 Å². The summed E-state index contributed by atoms with van der Waals surface area (Å²) in [5, 5.41) is 0. The van der Waals surface area contributed by atoms with Gasteiger partial charge in [-0.2, -0.15) is 0 Å². The van der Waals surface area contributed by atoms with Crippen LogP contribution in [0, 0.1) is 13.8 Å². The number of hydrogen-bond donors (Lipinski definition) is 0. The first-order valence-electron chi connectivity index (χ1n) is 8.57. The first-order valence-corrected chi connectivity index (χ1v) is 8.57. The molecule has 0 spiro atoms. The molecule has 0 saturated heterocycles. The van der Waals surface area contributed by atoms with Crippen LogP contribution in [-0.4, -0.2) is 0 Å². The summed E-state index contributed by atoms with van der Waals surface area (Å²) in [5.74, 6) is 0. The molecule has 0 atom stereocenters. The Kier molecular flexibility index (Phi) is 4.26. The Morgan fingerprint density at radius 2 is 1.22 bits per heavy atom. The maximum absolute atomic E-state index is 3.96. The zero-order chi connectivity index (χ0) is 16.4. The van der Waals surface area contributed by atoms with Crippen molar-refractivity contribution in [1.82, 2.24) is 0 Å². The summed E-state index contributed by atoms with van der Waals surface area (Å²) >= 11 is 0. The van der Waals surface area contributed by atoms with Crippen molar-refractivity contribution in [2.24, 2.45) is 0 Å². The van der Waals surface area contributed by atoms with Gasteiger partial charge in [-0.05, 0) is 61.8 Å². The molecule has 0 heteroatoms. The highest BCUT2D eigenvalue weighted by Gasteiger charge is 2.41. The largest absolute Gasteiger partial charge is 0.103 e. The lowest BCUT2D eigenvalue weighted by Crippen LogP contribution is -2.25. The lowest BCUT2D eigenvalue weighted by atomic mass is 9.71. The molecule has 3 rings (SSSR count). The van der Waals surface area contributed by atoms with Crippen LogP contribution in [0.25, 0.3) is 11.1 Å². The average molecular weight is 302 g/mol. The Balaban J connectivity index is 2.27. The summed E-state index contributed by atoms with van der Waals surface area (Å²) in [5.41, 5.74) is 8.62. The summed E-state index contributed by atoms with van der Waals surface area (Å²) in [6.45, 7) is 12.3. The molecule has 0 saturated carbocycles. The van der Waals surface area contributed by atoms with E-state index in [1.54, 1.807) is 0 Å². The van der Waals surface area contributed by atoms with Crippen molar-refractivity contribution < 1.29 is 0 Å². The fraction of sp³-hybridized carbons (Fsp3) is 0.304. The van der Waals surface area contributed by atoms with Gasteiger partial charge in [0.1, 0.15) is 0 Å². The summed E-state index contributed by atoms with van der Waals surface area (Å²) < 4.78 is 0. The summed E-state index contributed by atoms with van der Waals surface area (Å²) in [6, 6.07) is 13.9. The third-order valence-electron chi connectivity index (χ3n) is 5.22. The maximum Gasteiger partial charge on any atom is 0.0221 e. The van der Waals surface area contributed by atoms with Gasteiger partial charge in [-0.3, -0.25) is 0 Å². The zero-order valence-corrected chi connectivity index (χ0v) is 14.4. The first kappa shape index (κ1) is 15.8. The van der Waals surface area contributed by atoms with Gasteiger partial charge < -0.3 is 0 Å². The highest BCUT2D eigenvalue weighted by atomic mass is 14.4. The van der Waals surface area contributed by atoms with E-state index in [1.165, 1.54) is 33.4 Å². The van der Waals surface area contributed by atoms with Crippen molar-refractivity contribution in [3.8, 4) is 11.1 Å². The fourth-order valence-electron chi connectivity index (χ4n) is 4.08. The van der Waals surface area contributed by atoms with Crippen molar-refractivity contribution >= 4 is 0 Å². The van der Waals surface area contributed by atoms with Crippen LogP contribution >= 0.6 is 0 Å². The van der Waals surface area contributed by atoms with E-state index < -0.39 is 0 Å². The minimum atomic E-state index is 0.102. The predicted octanol–water partition coefficient (Wildman–Crippen LogP) is 6.50. The SMILES string of the molecule is C=CCCC1(CCC=C)c2cc(C)ccc2-c2ccc(C)cc21. The first-order chi connectivity index (χ1) is 11.1. The Hall–Kier alpha value is -2.08. The second-order valence-electron chi connectivity index (χ2n) is 6.83. The van der Waals surface area contributed by atoms with Crippen LogP contribution in [0.4, 0.5) is 0 Å². The van der Waals surface area contributed by atoms with E-state index in [1.807, 2.05) is 0 Å². The molecule has 2 aromatic carbocycles. The van der Waals surface area contributed by atoms with E-state index in [2.05, 4.69) is 75.6 Å². The van der Waals surface area contributed by atoms with Gasteiger partial charge in [-0.25, -0.2) is 0 Å². The van der Waals surface area contributed by atoms with Crippen molar-refractivity contribution in [2.75, 3.05) is 0 Å². The topological polar surface area (TPSA) is 0 Å². The standard InChI is InChI=1S/C23H26/c1-5-7-13-23(14-8-6-2)21-15-17(3)9-11-19(21)20-12-10-18(4)16-22(20)23/h5-6,9-12,15-16H,1-2,7-8,13-14H2,3-4H3. The van der Waals surface area contributed by atoms with E-state index in [-0.39, 0.29) is 5.41 Å². The second kappa shape index (κ2) is 6.20. The van der Waals surface area contributed by atoms with Crippen LogP contribution in [0.5, 0.6) is 0 Å². The molecule has 0 amide bonds. The lowest BCUT2D eigenvalue weighted by Gasteiger charge is -2.32. The molecule has 2 aromatic rings.